The number of urea groups is 1. The second-order valence-corrected chi connectivity index (χ2v) is 6.34. The van der Waals surface area contributed by atoms with Gasteiger partial charge in [-0.2, -0.15) is 0 Å². The molecule has 3 N–H and O–H groups in total. The largest absolute Gasteiger partial charge is 0.503 e. The van der Waals surface area contributed by atoms with Gasteiger partial charge in [-0.1, -0.05) is 48.5 Å². The Bertz CT molecular complexity index is 901. The van der Waals surface area contributed by atoms with Gasteiger partial charge in [0, 0.05) is 4.47 Å². The number of aromatic hydroxyl groups is 1. The van der Waals surface area contributed by atoms with Crippen molar-refractivity contribution in [2.45, 2.75) is 6.61 Å². The fourth-order valence-corrected chi connectivity index (χ4v) is 2.70. The van der Waals surface area contributed by atoms with Crippen LogP contribution in [-0.4, -0.2) is 11.1 Å². The van der Waals surface area contributed by atoms with E-state index in [4.69, 9.17) is 4.74 Å². The summed E-state index contributed by atoms with van der Waals surface area (Å²) in [7, 11) is 0. The molecule has 0 aromatic heterocycles. The van der Waals surface area contributed by atoms with E-state index in [2.05, 4.69) is 26.6 Å². The topological polar surface area (TPSA) is 70.6 Å². The lowest BCUT2D eigenvalue weighted by atomic mass is 10.2. The van der Waals surface area contributed by atoms with E-state index in [1.54, 1.807) is 24.3 Å². The Kier molecular flexibility index (Phi) is 5.76. The summed E-state index contributed by atoms with van der Waals surface area (Å²) < 4.78 is 6.42. The number of hydrogen-bond donors (Lipinski definition) is 3. The van der Waals surface area contributed by atoms with E-state index in [9.17, 15) is 9.90 Å². The second kappa shape index (κ2) is 8.40. The Morgan fingerprint density at radius 3 is 2.31 bits per heavy atom. The van der Waals surface area contributed by atoms with E-state index >= 15 is 0 Å². The zero-order valence-electron chi connectivity index (χ0n) is 13.8. The second-order valence-electron chi connectivity index (χ2n) is 5.49. The molecule has 3 aromatic rings. The first kappa shape index (κ1) is 17.8. The minimum atomic E-state index is -0.465. The number of phenolic OH excluding ortho intramolecular Hbond substituents is 1. The number of halogens is 1. The molecule has 132 valence electrons. The fraction of sp³-hybridized carbons (Fsp3) is 0.0500. The van der Waals surface area contributed by atoms with Crippen LogP contribution in [0.5, 0.6) is 11.5 Å². The number of nitrogens with one attached hydrogen (secondary N) is 2. The van der Waals surface area contributed by atoms with Crippen LogP contribution < -0.4 is 15.4 Å². The zero-order valence-corrected chi connectivity index (χ0v) is 15.4. The third-order valence-electron chi connectivity index (χ3n) is 3.61. The molecule has 0 unspecified atom stereocenters. The average molecular weight is 413 g/mol. The molecule has 0 fully saturated rings. The van der Waals surface area contributed by atoms with Crippen LogP contribution in [0.3, 0.4) is 0 Å². The third-order valence-corrected chi connectivity index (χ3v) is 4.30. The van der Waals surface area contributed by atoms with E-state index in [1.807, 2.05) is 48.5 Å². The maximum Gasteiger partial charge on any atom is 0.323 e. The summed E-state index contributed by atoms with van der Waals surface area (Å²) in [6.45, 7) is 0.320. The number of anilines is 2. The highest BCUT2D eigenvalue weighted by molar-refractivity contribution is 9.10. The van der Waals surface area contributed by atoms with Crippen molar-refractivity contribution in [3.8, 4) is 11.5 Å². The number of para-hydroxylation sites is 2. The number of benzene rings is 3. The van der Waals surface area contributed by atoms with E-state index in [-0.39, 0.29) is 11.4 Å². The molecule has 2 amide bonds. The Hall–Kier alpha value is -2.99. The van der Waals surface area contributed by atoms with Crippen LogP contribution in [0.4, 0.5) is 16.2 Å². The van der Waals surface area contributed by atoms with Crippen LogP contribution in [0, 0.1) is 0 Å². The molecule has 3 aromatic carbocycles. The number of carbonyl (C=O) groups excluding carboxylic acids is 1. The SMILES string of the molecule is O=C(Nc1ccccc1Br)Nc1cccc(OCc2ccccc2)c1O. The Morgan fingerprint density at radius 1 is 0.885 bits per heavy atom. The summed E-state index contributed by atoms with van der Waals surface area (Å²) in [5, 5.41) is 15.7. The molecule has 0 aliphatic rings. The highest BCUT2D eigenvalue weighted by Crippen LogP contribution is 2.34. The van der Waals surface area contributed by atoms with Crippen molar-refractivity contribution in [1.82, 2.24) is 0 Å². The van der Waals surface area contributed by atoms with Gasteiger partial charge in [-0.3, -0.25) is 0 Å². The number of ether oxygens (including phenoxy) is 1. The van der Waals surface area contributed by atoms with Gasteiger partial charge in [0.25, 0.3) is 0 Å². The van der Waals surface area contributed by atoms with Gasteiger partial charge in [-0.15, -0.1) is 0 Å². The van der Waals surface area contributed by atoms with Crippen molar-refractivity contribution in [2.75, 3.05) is 10.6 Å². The number of rotatable bonds is 5. The molecule has 5 nitrogen and oxygen atoms in total. The number of carbonyl (C=O) groups is 1. The molecular weight excluding hydrogens is 396 g/mol. The maximum absolute atomic E-state index is 12.2. The minimum absolute atomic E-state index is 0.120. The molecule has 6 heteroatoms. The summed E-state index contributed by atoms with van der Waals surface area (Å²) in [5.41, 5.74) is 1.87. The summed E-state index contributed by atoms with van der Waals surface area (Å²) in [6.07, 6.45) is 0. The van der Waals surface area contributed by atoms with Crippen molar-refractivity contribution < 1.29 is 14.6 Å². The lowest BCUT2D eigenvalue weighted by Crippen LogP contribution is -2.19. The van der Waals surface area contributed by atoms with Gasteiger partial charge in [0.1, 0.15) is 6.61 Å². The van der Waals surface area contributed by atoms with Crippen LogP contribution >= 0.6 is 15.9 Å². The van der Waals surface area contributed by atoms with E-state index in [0.717, 1.165) is 10.0 Å². The molecule has 0 aliphatic carbocycles. The Morgan fingerprint density at radius 2 is 1.54 bits per heavy atom. The van der Waals surface area contributed by atoms with Gasteiger partial charge < -0.3 is 20.5 Å². The summed E-state index contributed by atoms with van der Waals surface area (Å²) in [5.74, 6) is 0.179. The van der Waals surface area contributed by atoms with E-state index in [0.29, 0.717) is 18.0 Å². The predicted molar refractivity (Wildman–Crippen MR) is 106 cm³/mol. The molecule has 0 saturated heterocycles. The van der Waals surface area contributed by atoms with Crippen LogP contribution in [0.25, 0.3) is 0 Å². The number of phenols is 1. The maximum atomic E-state index is 12.2. The quantitative estimate of drug-likeness (QED) is 0.492. The van der Waals surface area contributed by atoms with Gasteiger partial charge in [0.15, 0.2) is 11.5 Å². The van der Waals surface area contributed by atoms with Crippen molar-refractivity contribution in [1.29, 1.82) is 0 Å². The monoisotopic (exact) mass is 412 g/mol. The molecular formula is C20H17BrN2O3. The molecule has 0 heterocycles. The van der Waals surface area contributed by atoms with Crippen molar-refractivity contribution >= 4 is 33.3 Å². The van der Waals surface area contributed by atoms with Crippen LogP contribution in [0.15, 0.2) is 77.3 Å². The highest BCUT2D eigenvalue weighted by Gasteiger charge is 2.12. The lowest BCUT2D eigenvalue weighted by Gasteiger charge is -2.13. The molecule has 0 bridgehead atoms. The van der Waals surface area contributed by atoms with E-state index < -0.39 is 6.03 Å². The first-order chi connectivity index (χ1) is 12.6. The first-order valence-corrected chi connectivity index (χ1v) is 8.74. The number of hydrogen-bond acceptors (Lipinski definition) is 3. The van der Waals surface area contributed by atoms with Gasteiger partial charge in [0.2, 0.25) is 0 Å². The normalized spacial score (nSPS) is 10.2. The smallest absolute Gasteiger partial charge is 0.323 e. The summed E-state index contributed by atoms with van der Waals surface area (Å²) in [4.78, 5) is 12.2. The Balaban J connectivity index is 1.67. The summed E-state index contributed by atoms with van der Waals surface area (Å²) >= 11 is 3.37. The summed E-state index contributed by atoms with van der Waals surface area (Å²) in [6, 6.07) is 21.4. The molecule has 0 spiro atoms. The molecule has 0 radical (unpaired) electrons. The molecule has 0 saturated carbocycles. The molecule has 26 heavy (non-hydrogen) atoms. The van der Waals surface area contributed by atoms with E-state index in [1.165, 1.54) is 0 Å². The number of amides is 2. The van der Waals surface area contributed by atoms with Crippen molar-refractivity contribution in [2.24, 2.45) is 0 Å². The van der Waals surface area contributed by atoms with Crippen LogP contribution in [-0.2, 0) is 6.61 Å². The molecule has 3 rings (SSSR count). The fourth-order valence-electron chi connectivity index (χ4n) is 2.31. The first-order valence-electron chi connectivity index (χ1n) is 7.95. The molecule has 0 aliphatic heterocycles. The third kappa shape index (κ3) is 4.55. The Labute approximate surface area is 159 Å². The minimum Gasteiger partial charge on any atom is -0.503 e. The standard InChI is InChI=1S/C20H17BrN2O3/c21-15-9-4-5-10-16(15)22-20(25)23-17-11-6-12-18(19(17)24)26-13-14-7-2-1-3-8-14/h1-12,24H,13H2,(H2,22,23,25). The van der Waals surface area contributed by atoms with Gasteiger partial charge in [-0.05, 0) is 45.8 Å². The molecule has 0 atom stereocenters. The predicted octanol–water partition coefficient (Wildman–Crippen LogP) is 5.38. The average Bonchev–Trinajstić information content (AvgIpc) is 2.65. The zero-order chi connectivity index (χ0) is 18.4. The van der Waals surface area contributed by atoms with Gasteiger partial charge >= 0.3 is 6.03 Å². The highest BCUT2D eigenvalue weighted by atomic mass is 79.9. The van der Waals surface area contributed by atoms with Gasteiger partial charge in [0.05, 0.1) is 11.4 Å². The van der Waals surface area contributed by atoms with Crippen LogP contribution in [0.2, 0.25) is 0 Å². The van der Waals surface area contributed by atoms with Crippen LogP contribution in [0.1, 0.15) is 5.56 Å². The van der Waals surface area contributed by atoms with Crippen molar-refractivity contribution in [3.05, 3.63) is 82.8 Å². The van der Waals surface area contributed by atoms with Gasteiger partial charge in [-0.25, -0.2) is 4.79 Å². The van der Waals surface area contributed by atoms with Crippen molar-refractivity contribution in [3.63, 3.8) is 0 Å². The lowest BCUT2D eigenvalue weighted by molar-refractivity contribution is 0.262.